The van der Waals surface area contributed by atoms with Crippen molar-refractivity contribution in [3.63, 3.8) is 0 Å². The average Bonchev–Trinajstić information content (AvgIpc) is 2.84. The van der Waals surface area contributed by atoms with Crippen molar-refractivity contribution in [2.45, 2.75) is 18.9 Å². The van der Waals surface area contributed by atoms with Crippen LogP contribution in [0.25, 0.3) is 0 Å². The molecular formula is C11H14N4O. The number of aryl methyl sites for hydroxylation is 1. The molecule has 3 N–H and O–H groups in total. The molecule has 1 atom stereocenters. The third kappa shape index (κ3) is 2.65. The van der Waals surface area contributed by atoms with Crippen LogP contribution in [-0.4, -0.2) is 9.97 Å². The molecule has 0 fully saturated rings. The smallest absolute Gasteiger partial charge is 0.103 e. The second kappa shape index (κ2) is 5.39. The van der Waals surface area contributed by atoms with E-state index in [9.17, 15) is 0 Å². The molecule has 5 heteroatoms. The number of nitrogens with two attached hydrogens (primary N) is 1. The Morgan fingerprint density at radius 2 is 2.38 bits per heavy atom. The number of nitrogens with one attached hydrogen (secondary N) is 1. The summed E-state index contributed by atoms with van der Waals surface area (Å²) in [5, 5.41) is 0. The minimum Gasteiger partial charge on any atom is -0.469 e. The van der Waals surface area contributed by atoms with E-state index in [2.05, 4.69) is 15.4 Å². The highest BCUT2D eigenvalue weighted by Crippen LogP contribution is 2.15. The Morgan fingerprint density at radius 1 is 1.44 bits per heavy atom. The van der Waals surface area contributed by atoms with Crippen LogP contribution >= 0.6 is 0 Å². The number of hydrogen-bond acceptors (Lipinski definition) is 5. The van der Waals surface area contributed by atoms with Crippen LogP contribution in [0.5, 0.6) is 0 Å². The molecule has 1 unspecified atom stereocenters. The Kier molecular flexibility index (Phi) is 3.63. The lowest BCUT2D eigenvalue weighted by Gasteiger charge is -2.13. The number of hydrogen-bond donors (Lipinski definition) is 2. The Balaban J connectivity index is 1.96. The van der Waals surface area contributed by atoms with Gasteiger partial charge >= 0.3 is 0 Å². The van der Waals surface area contributed by atoms with Crippen LogP contribution in [0, 0.1) is 0 Å². The fourth-order valence-corrected chi connectivity index (χ4v) is 1.55. The number of rotatable bonds is 5. The first-order chi connectivity index (χ1) is 7.90. The van der Waals surface area contributed by atoms with Crippen LogP contribution in [0.2, 0.25) is 0 Å². The van der Waals surface area contributed by atoms with Gasteiger partial charge in [0.1, 0.15) is 5.76 Å². The van der Waals surface area contributed by atoms with Gasteiger partial charge in [-0.25, -0.2) is 0 Å². The van der Waals surface area contributed by atoms with Crippen LogP contribution < -0.4 is 11.3 Å². The minimum atomic E-state index is -0.00111. The first-order valence-electron chi connectivity index (χ1n) is 5.14. The first-order valence-corrected chi connectivity index (χ1v) is 5.14. The molecule has 0 aliphatic rings. The van der Waals surface area contributed by atoms with Gasteiger partial charge in [-0.2, -0.15) is 0 Å². The van der Waals surface area contributed by atoms with E-state index in [4.69, 9.17) is 10.3 Å². The van der Waals surface area contributed by atoms with E-state index >= 15 is 0 Å². The normalized spacial score (nSPS) is 12.6. The average molecular weight is 218 g/mol. The molecule has 2 aromatic heterocycles. The van der Waals surface area contributed by atoms with E-state index in [1.807, 2.05) is 12.1 Å². The number of furan rings is 1. The molecule has 0 radical (unpaired) electrons. The van der Waals surface area contributed by atoms with Gasteiger partial charge in [0.15, 0.2) is 0 Å². The topological polar surface area (TPSA) is 77.0 Å². The van der Waals surface area contributed by atoms with Crippen LogP contribution in [0.3, 0.4) is 0 Å². The highest BCUT2D eigenvalue weighted by atomic mass is 16.3. The van der Waals surface area contributed by atoms with Gasteiger partial charge in [0, 0.05) is 18.8 Å². The minimum absolute atomic E-state index is 0.00111. The van der Waals surface area contributed by atoms with Crippen LogP contribution in [0.1, 0.15) is 23.9 Å². The molecule has 0 bridgehead atoms. The largest absolute Gasteiger partial charge is 0.469 e. The zero-order chi connectivity index (χ0) is 11.2. The maximum atomic E-state index is 5.50. The van der Waals surface area contributed by atoms with Crippen molar-refractivity contribution in [1.82, 2.24) is 15.4 Å². The van der Waals surface area contributed by atoms with Crippen molar-refractivity contribution >= 4 is 0 Å². The van der Waals surface area contributed by atoms with E-state index in [-0.39, 0.29) is 6.04 Å². The van der Waals surface area contributed by atoms with Gasteiger partial charge in [-0.05, 0) is 18.6 Å². The van der Waals surface area contributed by atoms with E-state index in [0.29, 0.717) is 0 Å². The third-order valence-corrected chi connectivity index (χ3v) is 2.40. The van der Waals surface area contributed by atoms with Gasteiger partial charge in [0.25, 0.3) is 0 Å². The molecule has 0 aromatic carbocycles. The lowest BCUT2D eigenvalue weighted by molar-refractivity contribution is 0.452. The summed E-state index contributed by atoms with van der Waals surface area (Å²) in [5.74, 6) is 6.44. The first kappa shape index (κ1) is 10.8. The molecule has 0 aliphatic carbocycles. The highest BCUT2D eigenvalue weighted by molar-refractivity contribution is 5.04. The van der Waals surface area contributed by atoms with Gasteiger partial charge in [0.2, 0.25) is 0 Å². The summed E-state index contributed by atoms with van der Waals surface area (Å²) in [5.41, 5.74) is 3.58. The summed E-state index contributed by atoms with van der Waals surface area (Å²) in [7, 11) is 0. The summed E-state index contributed by atoms with van der Waals surface area (Å²) >= 11 is 0. The Morgan fingerprint density at radius 3 is 3.00 bits per heavy atom. The SMILES string of the molecule is NNC(CCc1ccco1)c1cnccn1. The third-order valence-electron chi connectivity index (χ3n) is 2.40. The summed E-state index contributed by atoms with van der Waals surface area (Å²) < 4.78 is 5.26. The van der Waals surface area contributed by atoms with Crippen molar-refractivity contribution in [3.05, 3.63) is 48.4 Å². The molecule has 2 rings (SSSR count). The molecule has 0 amide bonds. The molecule has 0 spiro atoms. The molecule has 0 saturated carbocycles. The number of nitrogens with zero attached hydrogens (tertiary/aromatic N) is 2. The van der Waals surface area contributed by atoms with Crippen LogP contribution in [0.15, 0.2) is 41.4 Å². The van der Waals surface area contributed by atoms with E-state index < -0.39 is 0 Å². The summed E-state index contributed by atoms with van der Waals surface area (Å²) in [6.45, 7) is 0. The van der Waals surface area contributed by atoms with Crippen LogP contribution in [-0.2, 0) is 6.42 Å². The molecule has 16 heavy (non-hydrogen) atoms. The van der Waals surface area contributed by atoms with Crippen molar-refractivity contribution in [2.75, 3.05) is 0 Å². The molecule has 0 aliphatic heterocycles. The van der Waals surface area contributed by atoms with Gasteiger partial charge < -0.3 is 4.42 Å². The molecular weight excluding hydrogens is 204 g/mol. The number of aromatic nitrogens is 2. The molecule has 2 heterocycles. The quantitative estimate of drug-likeness (QED) is 0.582. The molecule has 5 nitrogen and oxygen atoms in total. The van der Waals surface area contributed by atoms with Crippen molar-refractivity contribution in [2.24, 2.45) is 5.84 Å². The monoisotopic (exact) mass is 218 g/mol. The van der Waals surface area contributed by atoms with E-state index in [0.717, 1.165) is 24.3 Å². The molecule has 2 aromatic rings. The second-order valence-corrected chi connectivity index (χ2v) is 3.47. The molecule has 0 saturated heterocycles. The van der Waals surface area contributed by atoms with Gasteiger partial charge in [0.05, 0.1) is 24.2 Å². The Labute approximate surface area is 93.7 Å². The second-order valence-electron chi connectivity index (χ2n) is 3.47. The zero-order valence-electron chi connectivity index (χ0n) is 8.84. The van der Waals surface area contributed by atoms with E-state index in [1.165, 1.54) is 0 Å². The van der Waals surface area contributed by atoms with Crippen molar-refractivity contribution in [3.8, 4) is 0 Å². The predicted octanol–water partition coefficient (Wildman–Crippen LogP) is 1.21. The summed E-state index contributed by atoms with van der Waals surface area (Å²) in [6.07, 6.45) is 8.33. The highest BCUT2D eigenvalue weighted by Gasteiger charge is 2.11. The van der Waals surface area contributed by atoms with Gasteiger partial charge in [-0.15, -0.1) is 0 Å². The maximum absolute atomic E-state index is 5.50. The standard InChI is InChI=1S/C11H14N4O/c12-15-10(11-8-13-5-6-14-11)4-3-9-2-1-7-16-9/h1-2,5-8,10,15H,3-4,12H2. The fraction of sp³-hybridized carbons (Fsp3) is 0.273. The van der Waals surface area contributed by atoms with Gasteiger partial charge in [-0.3, -0.25) is 21.2 Å². The van der Waals surface area contributed by atoms with Crippen molar-refractivity contribution < 1.29 is 4.42 Å². The fourth-order valence-electron chi connectivity index (χ4n) is 1.55. The van der Waals surface area contributed by atoms with E-state index in [1.54, 1.807) is 24.9 Å². The van der Waals surface area contributed by atoms with Crippen molar-refractivity contribution in [1.29, 1.82) is 0 Å². The van der Waals surface area contributed by atoms with Gasteiger partial charge in [-0.1, -0.05) is 0 Å². The Bertz CT molecular complexity index is 401. The summed E-state index contributed by atoms with van der Waals surface area (Å²) in [6, 6.07) is 3.83. The van der Waals surface area contributed by atoms with Crippen LogP contribution in [0.4, 0.5) is 0 Å². The summed E-state index contributed by atoms with van der Waals surface area (Å²) in [4.78, 5) is 8.23. The lowest BCUT2D eigenvalue weighted by atomic mass is 10.1. The Hall–Kier alpha value is -1.72. The lowest BCUT2D eigenvalue weighted by Crippen LogP contribution is -2.29. The number of hydrazine groups is 1. The zero-order valence-corrected chi connectivity index (χ0v) is 8.84. The maximum Gasteiger partial charge on any atom is 0.103 e. The molecule has 84 valence electrons. The predicted molar refractivity (Wildman–Crippen MR) is 59.1 cm³/mol.